The Morgan fingerprint density at radius 1 is 1.44 bits per heavy atom. The van der Waals surface area contributed by atoms with Crippen molar-refractivity contribution in [3.05, 3.63) is 61.2 Å². The number of rotatable bonds is 4. The average molecular weight is 425 g/mol. The summed E-state index contributed by atoms with van der Waals surface area (Å²) >= 11 is 4.33. The van der Waals surface area contributed by atoms with Crippen molar-refractivity contribution in [2.45, 2.75) is 20.4 Å². The minimum atomic E-state index is -0.465. The summed E-state index contributed by atoms with van der Waals surface area (Å²) in [6.45, 7) is 3.73. The van der Waals surface area contributed by atoms with Crippen molar-refractivity contribution < 1.29 is 13.9 Å². The van der Waals surface area contributed by atoms with Crippen LogP contribution in [0.1, 0.15) is 27.7 Å². The predicted octanol–water partition coefficient (Wildman–Crippen LogP) is 3.89. The van der Waals surface area contributed by atoms with Gasteiger partial charge in [-0.3, -0.25) is 9.36 Å². The zero-order chi connectivity index (χ0) is 18.1. The molecule has 130 valence electrons. The number of fused-ring (bicyclic) bond motifs is 1. The number of halogens is 2. The van der Waals surface area contributed by atoms with E-state index in [9.17, 15) is 14.0 Å². The highest BCUT2D eigenvalue weighted by Gasteiger charge is 2.20. The number of ether oxygens (including phenoxy) is 1. The molecule has 5 nitrogen and oxygen atoms in total. The second-order valence-corrected chi connectivity index (χ2v) is 7.28. The quantitative estimate of drug-likeness (QED) is 0.595. The molecule has 0 aliphatic carbocycles. The zero-order valence-electron chi connectivity index (χ0n) is 13.5. The van der Waals surface area contributed by atoms with Crippen LogP contribution in [-0.4, -0.2) is 22.1 Å². The van der Waals surface area contributed by atoms with Crippen LogP contribution in [0.5, 0.6) is 0 Å². The first-order chi connectivity index (χ1) is 11.9. The summed E-state index contributed by atoms with van der Waals surface area (Å²) in [6.07, 6.45) is 1.37. The van der Waals surface area contributed by atoms with E-state index >= 15 is 0 Å². The Bertz CT molecular complexity index is 1030. The molecule has 8 heteroatoms. The maximum Gasteiger partial charge on any atom is 0.348 e. The molecule has 1 aromatic carbocycles. The number of esters is 1. The second kappa shape index (κ2) is 7.05. The lowest BCUT2D eigenvalue weighted by molar-refractivity contribution is 0.0531. The molecule has 0 aliphatic heterocycles. The molecule has 0 unspecified atom stereocenters. The van der Waals surface area contributed by atoms with Crippen molar-refractivity contribution in [3.63, 3.8) is 0 Å². The van der Waals surface area contributed by atoms with Gasteiger partial charge in [-0.1, -0.05) is 22.0 Å². The van der Waals surface area contributed by atoms with Crippen LogP contribution >= 0.6 is 27.3 Å². The molecule has 2 aromatic heterocycles. The van der Waals surface area contributed by atoms with Crippen molar-refractivity contribution in [1.82, 2.24) is 9.55 Å². The highest BCUT2D eigenvalue weighted by atomic mass is 79.9. The Kier molecular flexibility index (Phi) is 5.01. The van der Waals surface area contributed by atoms with Gasteiger partial charge >= 0.3 is 5.97 Å². The summed E-state index contributed by atoms with van der Waals surface area (Å²) in [5, 5.41) is 0.369. The summed E-state index contributed by atoms with van der Waals surface area (Å²) in [5.74, 6) is -0.872. The van der Waals surface area contributed by atoms with Crippen molar-refractivity contribution in [3.8, 4) is 0 Å². The van der Waals surface area contributed by atoms with E-state index in [1.807, 2.05) is 0 Å². The van der Waals surface area contributed by atoms with Crippen molar-refractivity contribution >= 4 is 43.5 Å². The summed E-state index contributed by atoms with van der Waals surface area (Å²) < 4.78 is 21.0. The third-order valence-electron chi connectivity index (χ3n) is 3.73. The number of aromatic nitrogens is 2. The Hall–Kier alpha value is -2.06. The minimum Gasteiger partial charge on any atom is -0.462 e. The van der Waals surface area contributed by atoms with Crippen LogP contribution in [0.4, 0.5) is 4.39 Å². The fourth-order valence-electron chi connectivity index (χ4n) is 2.50. The predicted molar refractivity (Wildman–Crippen MR) is 97.8 cm³/mol. The van der Waals surface area contributed by atoms with Gasteiger partial charge in [0.15, 0.2) is 0 Å². The van der Waals surface area contributed by atoms with Crippen LogP contribution in [0.15, 0.2) is 33.8 Å². The van der Waals surface area contributed by atoms with Crippen molar-refractivity contribution in [2.24, 2.45) is 0 Å². The van der Waals surface area contributed by atoms with Gasteiger partial charge in [0, 0.05) is 10.0 Å². The molecular formula is C17H14BrFN2O3S. The van der Waals surface area contributed by atoms with E-state index in [2.05, 4.69) is 20.9 Å². The molecule has 0 amide bonds. The van der Waals surface area contributed by atoms with Crippen LogP contribution in [0.25, 0.3) is 10.2 Å². The Morgan fingerprint density at radius 2 is 2.20 bits per heavy atom. The Balaban J connectivity index is 2.06. The van der Waals surface area contributed by atoms with Gasteiger partial charge in [0.25, 0.3) is 5.56 Å². The lowest BCUT2D eigenvalue weighted by atomic mass is 10.2. The highest BCUT2D eigenvalue weighted by Crippen LogP contribution is 2.27. The van der Waals surface area contributed by atoms with Gasteiger partial charge in [0.1, 0.15) is 15.5 Å². The number of carbonyl (C=O) groups is 1. The summed E-state index contributed by atoms with van der Waals surface area (Å²) in [5.41, 5.74) is 0.614. The second-order valence-electron chi connectivity index (χ2n) is 5.37. The SMILES string of the molecule is CCOC(=O)c1sc2ncn(Cc3ccc(Br)cc3F)c(=O)c2c1C. The van der Waals surface area contributed by atoms with Gasteiger partial charge < -0.3 is 4.74 Å². The molecule has 0 saturated carbocycles. The highest BCUT2D eigenvalue weighted by molar-refractivity contribution is 9.10. The molecule has 0 aliphatic rings. The number of aryl methyl sites for hydroxylation is 1. The fourth-order valence-corrected chi connectivity index (χ4v) is 3.86. The largest absolute Gasteiger partial charge is 0.462 e. The number of thiophene rings is 1. The van der Waals surface area contributed by atoms with Gasteiger partial charge in [0.05, 0.1) is 24.9 Å². The normalized spacial score (nSPS) is 11.0. The topological polar surface area (TPSA) is 61.2 Å². The van der Waals surface area contributed by atoms with Crippen LogP contribution in [0.2, 0.25) is 0 Å². The molecule has 2 heterocycles. The van der Waals surface area contributed by atoms with E-state index in [4.69, 9.17) is 4.74 Å². The van der Waals surface area contributed by atoms with E-state index in [1.165, 1.54) is 17.0 Å². The third kappa shape index (κ3) is 3.36. The van der Waals surface area contributed by atoms with Gasteiger partial charge in [-0.05, 0) is 31.5 Å². The summed E-state index contributed by atoms with van der Waals surface area (Å²) in [7, 11) is 0. The lowest BCUT2D eigenvalue weighted by Gasteiger charge is -2.07. The van der Waals surface area contributed by atoms with Crippen LogP contribution in [0, 0.1) is 12.7 Å². The summed E-state index contributed by atoms with van der Waals surface area (Å²) in [6, 6.07) is 4.67. The third-order valence-corrected chi connectivity index (χ3v) is 5.41. The first kappa shape index (κ1) is 17.8. The number of hydrogen-bond donors (Lipinski definition) is 0. The molecular weight excluding hydrogens is 411 g/mol. The van der Waals surface area contributed by atoms with Crippen LogP contribution < -0.4 is 5.56 Å². The van der Waals surface area contributed by atoms with E-state index < -0.39 is 11.8 Å². The number of carbonyl (C=O) groups excluding carboxylic acids is 1. The van der Waals surface area contributed by atoms with Crippen LogP contribution in [-0.2, 0) is 11.3 Å². The van der Waals surface area contributed by atoms with Gasteiger partial charge in [0.2, 0.25) is 0 Å². The fraction of sp³-hybridized carbons (Fsp3) is 0.235. The van der Waals surface area contributed by atoms with E-state index in [0.717, 1.165) is 11.3 Å². The van der Waals surface area contributed by atoms with E-state index in [1.54, 1.807) is 26.0 Å². The molecule has 3 rings (SSSR count). The summed E-state index contributed by atoms with van der Waals surface area (Å²) in [4.78, 5) is 29.9. The molecule has 0 bridgehead atoms. The van der Waals surface area contributed by atoms with Crippen molar-refractivity contribution in [2.75, 3.05) is 6.61 Å². The Morgan fingerprint density at radius 3 is 2.88 bits per heavy atom. The maximum atomic E-state index is 14.0. The lowest BCUT2D eigenvalue weighted by Crippen LogP contribution is -2.21. The van der Waals surface area contributed by atoms with Gasteiger partial charge in [-0.25, -0.2) is 14.2 Å². The van der Waals surface area contributed by atoms with Gasteiger partial charge in [-0.15, -0.1) is 11.3 Å². The molecule has 0 N–H and O–H groups in total. The molecule has 0 fully saturated rings. The van der Waals surface area contributed by atoms with Gasteiger partial charge in [-0.2, -0.15) is 0 Å². The number of hydrogen-bond acceptors (Lipinski definition) is 5. The first-order valence-corrected chi connectivity index (χ1v) is 9.13. The number of nitrogens with zero attached hydrogens (tertiary/aromatic N) is 2. The molecule has 3 aromatic rings. The van der Waals surface area contributed by atoms with Crippen LogP contribution in [0.3, 0.4) is 0 Å². The molecule has 25 heavy (non-hydrogen) atoms. The standard InChI is InChI=1S/C17H14BrFN2O3S/c1-3-24-17(23)14-9(2)13-15(25-14)20-8-21(16(13)22)7-10-4-5-11(18)6-12(10)19/h4-6,8H,3,7H2,1-2H3. The molecule has 0 radical (unpaired) electrons. The molecule has 0 saturated heterocycles. The average Bonchev–Trinajstić information content (AvgIpc) is 2.90. The number of benzene rings is 1. The first-order valence-electron chi connectivity index (χ1n) is 7.52. The zero-order valence-corrected chi connectivity index (χ0v) is 15.9. The smallest absolute Gasteiger partial charge is 0.348 e. The Labute approximate surface area is 155 Å². The van der Waals surface area contributed by atoms with Crippen molar-refractivity contribution in [1.29, 1.82) is 0 Å². The monoisotopic (exact) mass is 424 g/mol. The molecule has 0 spiro atoms. The van der Waals surface area contributed by atoms with E-state index in [0.29, 0.717) is 30.7 Å². The van der Waals surface area contributed by atoms with E-state index in [-0.39, 0.29) is 18.7 Å². The maximum absolute atomic E-state index is 14.0. The minimum absolute atomic E-state index is 0.0604. The molecule has 0 atom stereocenters.